The smallest absolute Gasteiger partial charge is 0.122 e. The van der Waals surface area contributed by atoms with Crippen LogP contribution in [0, 0.1) is 13.8 Å². The van der Waals surface area contributed by atoms with E-state index in [1.54, 1.807) is 0 Å². The van der Waals surface area contributed by atoms with Gasteiger partial charge in [0.1, 0.15) is 5.75 Å². The molecule has 1 N–H and O–H groups in total. The van der Waals surface area contributed by atoms with E-state index in [0.717, 1.165) is 28.7 Å². The first-order valence-electron chi connectivity index (χ1n) is 4.44. The molecule has 0 bridgehead atoms. The van der Waals surface area contributed by atoms with Crippen LogP contribution in [0.25, 0.3) is 0 Å². The lowest BCUT2D eigenvalue weighted by atomic mass is 10.0. The average molecular weight is 176 g/mol. The zero-order valence-electron chi connectivity index (χ0n) is 8.52. The Labute approximate surface area is 79.7 Å². The van der Waals surface area contributed by atoms with E-state index in [9.17, 15) is 5.11 Å². The van der Waals surface area contributed by atoms with Gasteiger partial charge in [-0.3, -0.25) is 0 Å². The molecule has 1 aromatic carbocycles. The Morgan fingerprint density at radius 3 is 2.54 bits per heavy atom. The number of phenolic OH excluding ortho intramolecular Hbond substituents is 1. The van der Waals surface area contributed by atoms with Gasteiger partial charge in [0, 0.05) is 0 Å². The van der Waals surface area contributed by atoms with Gasteiger partial charge in [-0.25, -0.2) is 0 Å². The van der Waals surface area contributed by atoms with E-state index >= 15 is 0 Å². The molecule has 0 spiro atoms. The highest BCUT2D eigenvalue weighted by molar-refractivity contribution is 5.45. The monoisotopic (exact) mass is 176 g/mol. The molecule has 0 heterocycles. The quantitative estimate of drug-likeness (QED) is 0.686. The lowest BCUT2D eigenvalue weighted by Gasteiger charge is -2.09. The average Bonchev–Trinajstić information content (AvgIpc) is 2.06. The minimum atomic E-state index is 0.419. The van der Waals surface area contributed by atoms with Crippen molar-refractivity contribution >= 4 is 0 Å². The van der Waals surface area contributed by atoms with Crippen LogP contribution < -0.4 is 0 Å². The van der Waals surface area contributed by atoms with Gasteiger partial charge in [0.05, 0.1) is 0 Å². The number of phenols is 1. The van der Waals surface area contributed by atoms with Gasteiger partial charge in [-0.2, -0.15) is 0 Å². The van der Waals surface area contributed by atoms with Crippen molar-refractivity contribution in [2.24, 2.45) is 0 Å². The SMILES string of the molecule is C=C(C)Cc1ccc(C)c(C)c1O. The fraction of sp³-hybridized carbons (Fsp3) is 0.333. The summed E-state index contributed by atoms with van der Waals surface area (Å²) in [6.07, 6.45) is 0.757. The second-order valence-corrected chi connectivity index (χ2v) is 3.65. The number of allylic oxidation sites excluding steroid dienone is 1. The maximum absolute atomic E-state index is 9.79. The van der Waals surface area contributed by atoms with Crippen molar-refractivity contribution in [3.63, 3.8) is 0 Å². The summed E-state index contributed by atoms with van der Waals surface area (Å²) in [6.45, 7) is 9.74. The van der Waals surface area contributed by atoms with Gasteiger partial charge < -0.3 is 5.11 Å². The van der Waals surface area contributed by atoms with Crippen LogP contribution in [0.5, 0.6) is 5.75 Å². The summed E-state index contributed by atoms with van der Waals surface area (Å²) in [5.74, 6) is 0.419. The number of hydrogen-bond donors (Lipinski definition) is 1. The topological polar surface area (TPSA) is 20.2 Å². The van der Waals surface area contributed by atoms with Crippen molar-refractivity contribution in [1.29, 1.82) is 0 Å². The van der Waals surface area contributed by atoms with Gasteiger partial charge in [-0.05, 0) is 43.9 Å². The number of rotatable bonds is 2. The van der Waals surface area contributed by atoms with E-state index in [0.29, 0.717) is 5.75 Å². The molecular weight excluding hydrogens is 160 g/mol. The molecule has 0 aliphatic carbocycles. The Bertz CT molecular complexity index is 337. The summed E-state index contributed by atoms with van der Waals surface area (Å²) < 4.78 is 0. The molecule has 0 atom stereocenters. The molecule has 0 aliphatic rings. The number of aryl methyl sites for hydroxylation is 1. The first-order chi connectivity index (χ1) is 6.02. The van der Waals surface area contributed by atoms with Gasteiger partial charge >= 0.3 is 0 Å². The molecule has 0 fully saturated rings. The fourth-order valence-electron chi connectivity index (χ4n) is 1.32. The second kappa shape index (κ2) is 3.65. The van der Waals surface area contributed by atoms with Gasteiger partial charge in [-0.1, -0.05) is 24.3 Å². The number of aromatic hydroxyl groups is 1. The van der Waals surface area contributed by atoms with E-state index in [1.165, 1.54) is 0 Å². The minimum Gasteiger partial charge on any atom is -0.507 e. The maximum atomic E-state index is 9.79. The summed E-state index contributed by atoms with van der Waals surface area (Å²) in [4.78, 5) is 0. The molecule has 0 saturated heterocycles. The van der Waals surface area contributed by atoms with Crippen LogP contribution in [-0.2, 0) is 6.42 Å². The van der Waals surface area contributed by atoms with E-state index in [-0.39, 0.29) is 0 Å². The fourth-order valence-corrected chi connectivity index (χ4v) is 1.32. The molecule has 1 heteroatoms. The van der Waals surface area contributed by atoms with Crippen molar-refractivity contribution in [2.75, 3.05) is 0 Å². The Kier molecular flexibility index (Phi) is 2.76. The molecule has 0 saturated carbocycles. The first-order valence-corrected chi connectivity index (χ1v) is 4.44. The van der Waals surface area contributed by atoms with Crippen LogP contribution in [0.1, 0.15) is 23.6 Å². The highest BCUT2D eigenvalue weighted by Crippen LogP contribution is 2.26. The van der Waals surface area contributed by atoms with E-state index < -0.39 is 0 Å². The van der Waals surface area contributed by atoms with Crippen LogP contribution in [0.3, 0.4) is 0 Å². The van der Waals surface area contributed by atoms with Crippen molar-refractivity contribution in [2.45, 2.75) is 27.2 Å². The lowest BCUT2D eigenvalue weighted by Crippen LogP contribution is -1.91. The number of hydrogen-bond acceptors (Lipinski definition) is 1. The predicted molar refractivity (Wildman–Crippen MR) is 56.1 cm³/mol. The van der Waals surface area contributed by atoms with Crippen LogP contribution >= 0.6 is 0 Å². The largest absolute Gasteiger partial charge is 0.507 e. The standard InChI is InChI=1S/C12H16O/c1-8(2)7-11-6-5-9(3)10(4)12(11)13/h5-6,13H,1,7H2,2-4H3. The predicted octanol–water partition coefficient (Wildman–Crippen LogP) is 3.13. The van der Waals surface area contributed by atoms with Gasteiger partial charge in [0.2, 0.25) is 0 Å². The maximum Gasteiger partial charge on any atom is 0.122 e. The summed E-state index contributed by atoms with van der Waals surface area (Å²) in [7, 11) is 0. The third-order valence-electron chi connectivity index (χ3n) is 2.28. The zero-order chi connectivity index (χ0) is 10.0. The molecule has 0 unspecified atom stereocenters. The van der Waals surface area contributed by atoms with E-state index in [1.807, 2.05) is 32.9 Å². The van der Waals surface area contributed by atoms with Gasteiger partial charge in [0.15, 0.2) is 0 Å². The Morgan fingerprint density at radius 2 is 2.00 bits per heavy atom. The normalized spacial score (nSPS) is 10.1. The molecule has 0 radical (unpaired) electrons. The van der Waals surface area contributed by atoms with Gasteiger partial charge in [-0.15, -0.1) is 0 Å². The summed E-state index contributed by atoms with van der Waals surface area (Å²) in [5.41, 5.74) is 4.14. The summed E-state index contributed by atoms with van der Waals surface area (Å²) in [5, 5.41) is 9.79. The van der Waals surface area contributed by atoms with Crippen LogP contribution in [0.4, 0.5) is 0 Å². The second-order valence-electron chi connectivity index (χ2n) is 3.65. The number of benzene rings is 1. The van der Waals surface area contributed by atoms with Crippen molar-refractivity contribution in [3.05, 3.63) is 41.0 Å². The Morgan fingerprint density at radius 1 is 1.38 bits per heavy atom. The third-order valence-corrected chi connectivity index (χ3v) is 2.28. The highest BCUT2D eigenvalue weighted by Gasteiger charge is 2.05. The molecule has 1 nitrogen and oxygen atoms in total. The van der Waals surface area contributed by atoms with Gasteiger partial charge in [0.25, 0.3) is 0 Å². The minimum absolute atomic E-state index is 0.419. The molecule has 1 rings (SSSR count). The molecule has 13 heavy (non-hydrogen) atoms. The summed E-state index contributed by atoms with van der Waals surface area (Å²) >= 11 is 0. The van der Waals surface area contributed by atoms with Crippen LogP contribution in [0.2, 0.25) is 0 Å². The lowest BCUT2D eigenvalue weighted by molar-refractivity contribution is 0.464. The van der Waals surface area contributed by atoms with Crippen molar-refractivity contribution in [1.82, 2.24) is 0 Å². The van der Waals surface area contributed by atoms with Crippen LogP contribution in [-0.4, -0.2) is 5.11 Å². The van der Waals surface area contributed by atoms with Crippen molar-refractivity contribution in [3.8, 4) is 5.75 Å². The van der Waals surface area contributed by atoms with Crippen LogP contribution in [0.15, 0.2) is 24.3 Å². The Hall–Kier alpha value is -1.24. The Balaban J connectivity index is 3.10. The molecule has 0 aromatic heterocycles. The first kappa shape index (κ1) is 9.85. The van der Waals surface area contributed by atoms with E-state index in [2.05, 4.69) is 6.58 Å². The molecule has 0 aliphatic heterocycles. The molecular formula is C12H16O. The molecule has 1 aromatic rings. The third kappa shape index (κ3) is 2.11. The summed E-state index contributed by atoms with van der Waals surface area (Å²) in [6, 6.07) is 4.00. The molecule has 70 valence electrons. The highest BCUT2D eigenvalue weighted by atomic mass is 16.3. The van der Waals surface area contributed by atoms with E-state index in [4.69, 9.17) is 0 Å². The van der Waals surface area contributed by atoms with Crippen molar-refractivity contribution < 1.29 is 5.11 Å². The molecule has 0 amide bonds. The zero-order valence-corrected chi connectivity index (χ0v) is 8.52.